The van der Waals surface area contributed by atoms with E-state index in [1.165, 1.54) is 17.8 Å². The summed E-state index contributed by atoms with van der Waals surface area (Å²) in [5.74, 6) is -3.19. The van der Waals surface area contributed by atoms with E-state index in [-0.39, 0.29) is 22.3 Å². The number of fused-ring (bicyclic) bond motifs is 1. The molecule has 0 saturated carbocycles. The molecule has 6 nitrogen and oxygen atoms in total. The number of sulfone groups is 1. The largest absolute Gasteiger partial charge is 0.476 e. The predicted octanol–water partition coefficient (Wildman–Crippen LogP) is 5.41. The van der Waals surface area contributed by atoms with Crippen LogP contribution in [0.15, 0.2) is 64.3 Å². The third kappa shape index (κ3) is 5.45. The van der Waals surface area contributed by atoms with E-state index in [4.69, 9.17) is 9.84 Å². The van der Waals surface area contributed by atoms with Crippen molar-refractivity contribution in [3.8, 4) is 5.75 Å². The van der Waals surface area contributed by atoms with Gasteiger partial charge >= 0.3 is 5.97 Å². The van der Waals surface area contributed by atoms with Crippen LogP contribution in [0.4, 0.5) is 15.8 Å². The van der Waals surface area contributed by atoms with Gasteiger partial charge in [-0.3, -0.25) is 0 Å². The molecule has 0 spiro atoms. The number of para-hydroxylation sites is 1. The summed E-state index contributed by atoms with van der Waals surface area (Å²) in [6, 6.07) is 12.7. The molecule has 0 unspecified atom stereocenters. The lowest BCUT2D eigenvalue weighted by Crippen LogP contribution is -2.26. The van der Waals surface area contributed by atoms with Crippen molar-refractivity contribution in [3.63, 3.8) is 0 Å². The molecular formula is C23H26FNO5S2. The first-order chi connectivity index (χ1) is 15.3. The maximum atomic E-state index is 13.5. The molecule has 172 valence electrons. The van der Waals surface area contributed by atoms with Gasteiger partial charge in [0.05, 0.1) is 21.2 Å². The SMILES string of the molecule is CCCC[C@@H]1CN(c2ccccc2)c2cc(SC)c(O/C=C(\F)C(=O)O)cc2S(=O)(=O)C1. The molecule has 1 heterocycles. The summed E-state index contributed by atoms with van der Waals surface area (Å²) in [4.78, 5) is 13.4. The van der Waals surface area contributed by atoms with Crippen molar-refractivity contribution < 1.29 is 27.4 Å². The third-order valence-electron chi connectivity index (χ3n) is 5.29. The van der Waals surface area contributed by atoms with Crippen molar-refractivity contribution in [2.24, 2.45) is 5.92 Å². The van der Waals surface area contributed by atoms with Gasteiger partial charge in [0, 0.05) is 18.3 Å². The standard InChI is InChI=1S/C23H26FNO5S2/c1-3-4-8-16-13-25(17-9-6-5-7-10-17)19-11-21(31-2)20(30-14-18(24)23(26)27)12-22(19)32(28,29)15-16/h5-7,9-12,14,16H,3-4,8,13,15H2,1-2H3,(H,26,27)/b18-14-/t16-/m1/s1. The van der Waals surface area contributed by atoms with E-state index in [2.05, 4.69) is 6.92 Å². The number of aliphatic carboxylic acids is 1. The Morgan fingerprint density at radius 1 is 1.31 bits per heavy atom. The molecule has 32 heavy (non-hydrogen) atoms. The Bertz CT molecular complexity index is 1100. The average molecular weight is 480 g/mol. The fourth-order valence-electron chi connectivity index (χ4n) is 3.74. The van der Waals surface area contributed by atoms with Gasteiger partial charge in [-0.1, -0.05) is 38.0 Å². The molecule has 1 aliphatic heterocycles. The number of halogens is 1. The quantitative estimate of drug-likeness (QED) is 0.308. The highest BCUT2D eigenvalue weighted by atomic mass is 32.2. The van der Waals surface area contributed by atoms with Crippen LogP contribution in [0.1, 0.15) is 26.2 Å². The summed E-state index contributed by atoms with van der Waals surface area (Å²) in [5.41, 5.74) is 1.42. The van der Waals surface area contributed by atoms with Crippen LogP contribution >= 0.6 is 11.8 Å². The Labute approximate surface area is 192 Å². The molecule has 2 aromatic carbocycles. The van der Waals surface area contributed by atoms with Gasteiger partial charge < -0.3 is 14.7 Å². The van der Waals surface area contributed by atoms with Gasteiger partial charge in [-0.25, -0.2) is 13.2 Å². The molecule has 0 fully saturated rings. The van der Waals surface area contributed by atoms with E-state index in [1.807, 2.05) is 35.2 Å². The van der Waals surface area contributed by atoms with Gasteiger partial charge in [-0.15, -0.1) is 11.8 Å². The molecule has 0 radical (unpaired) electrons. The van der Waals surface area contributed by atoms with Gasteiger partial charge in [0.15, 0.2) is 9.84 Å². The summed E-state index contributed by atoms with van der Waals surface area (Å²) in [7, 11) is -3.66. The third-order valence-corrected chi connectivity index (χ3v) is 7.96. The van der Waals surface area contributed by atoms with Crippen LogP contribution < -0.4 is 9.64 Å². The van der Waals surface area contributed by atoms with Crippen molar-refractivity contribution in [1.82, 2.24) is 0 Å². The zero-order chi connectivity index (χ0) is 23.3. The van der Waals surface area contributed by atoms with E-state index in [0.29, 0.717) is 23.4 Å². The summed E-state index contributed by atoms with van der Waals surface area (Å²) in [6.07, 6.45) is 4.96. The monoisotopic (exact) mass is 479 g/mol. The molecule has 0 aliphatic carbocycles. The Balaban J connectivity index is 2.16. The molecular weight excluding hydrogens is 453 g/mol. The summed E-state index contributed by atoms with van der Waals surface area (Å²) in [6.45, 7) is 2.63. The highest BCUT2D eigenvalue weighted by Gasteiger charge is 2.33. The lowest BCUT2D eigenvalue weighted by molar-refractivity contribution is -0.134. The molecule has 2 aromatic rings. The number of carboxylic acid groups (broad SMARTS) is 1. The number of thioether (sulfide) groups is 1. The lowest BCUT2D eigenvalue weighted by Gasteiger charge is -2.28. The molecule has 1 atom stereocenters. The van der Waals surface area contributed by atoms with Gasteiger partial charge in [0.1, 0.15) is 12.0 Å². The van der Waals surface area contributed by atoms with Crippen molar-refractivity contribution in [1.29, 1.82) is 0 Å². The Morgan fingerprint density at radius 2 is 2.03 bits per heavy atom. The molecule has 1 aliphatic rings. The minimum atomic E-state index is -3.66. The first-order valence-electron chi connectivity index (χ1n) is 10.3. The number of hydrogen-bond acceptors (Lipinski definition) is 6. The first kappa shape index (κ1) is 24.1. The zero-order valence-electron chi connectivity index (χ0n) is 18.0. The second-order valence-electron chi connectivity index (χ2n) is 7.60. The second kappa shape index (κ2) is 10.4. The highest BCUT2D eigenvalue weighted by Crippen LogP contribution is 2.43. The molecule has 0 aromatic heterocycles. The lowest BCUT2D eigenvalue weighted by atomic mass is 10.0. The van der Waals surface area contributed by atoms with Crippen LogP contribution in [0.3, 0.4) is 0 Å². The van der Waals surface area contributed by atoms with Gasteiger partial charge in [-0.05, 0) is 36.8 Å². The number of hydrogen-bond donors (Lipinski definition) is 1. The molecule has 9 heteroatoms. The number of ether oxygens (including phenoxy) is 1. The average Bonchev–Trinajstić information content (AvgIpc) is 2.89. The van der Waals surface area contributed by atoms with E-state index in [1.54, 1.807) is 12.3 Å². The van der Waals surface area contributed by atoms with Crippen LogP contribution in [0.2, 0.25) is 0 Å². The summed E-state index contributed by atoms with van der Waals surface area (Å²) >= 11 is 1.30. The number of rotatable bonds is 8. The fourth-order valence-corrected chi connectivity index (χ4v) is 6.12. The van der Waals surface area contributed by atoms with Crippen molar-refractivity contribution in [2.75, 3.05) is 23.5 Å². The van der Waals surface area contributed by atoms with Crippen molar-refractivity contribution >= 4 is 38.9 Å². The smallest absolute Gasteiger partial charge is 0.368 e. The van der Waals surface area contributed by atoms with Crippen LogP contribution in [0, 0.1) is 5.92 Å². The number of benzene rings is 2. The number of unbranched alkanes of at least 4 members (excludes halogenated alkanes) is 1. The van der Waals surface area contributed by atoms with Gasteiger partial charge in [0.25, 0.3) is 0 Å². The number of carboxylic acids is 1. The summed E-state index contributed by atoms with van der Waals surface area (Å²) < 4.78 is 45.5. The van der Waals surface area contributed by atoms with Gasteiger partial charge in [-0.2, -0.15) is 4.39 Å². The van der Waals surface area contributed by atoms with Gasteiger partial charge in [0.2, 0.25) is 5.83 Å². The van der Waals surface area contributed by atoms with Crippen LogP contribution in [-0.2, 0) is 14.6 Å². The second-order valence-corrected chi connectivity index (χ2v) is 10.4. The Hall–Kier alpha value is -2.52. The minimum Gasteiger partial charge on any atom is -0.476 e. The number of carbonyl (C=O) groups is 1. The molecule has 3 rings (SSSR count). The van der Waals surface area contributed by atoms with E-state index in [0.717, 1.165) is 24.9 Å². The molecule has 0 amide bonds. The fraction of sp³-hybridized carbons (Fsp3) is 0.348. The minimum absolute atomic E-state index is 0.000709. The number of nitrogens with zero attached hydrogens (tertiary/aromatic N) is 1. The van der Waals surface area contributed by atoms with E-state index in [9.17, 15) is 17.6 Å². The van der Waals surface area contributed by atoms with E-state index >= 15 is 0 Å². The first-order valence-corrected chi connectivity index (χ1v) is 13.2. The normalized spacial score (nSPS) is 18.0. The van der Waals surface area contributed by atoms with E-state index < -0.39 is 21.6 Å². The maximum absolute atomic E-state index is 13.5. The number of anilines is 2. The van der Waals surface area contributed by atoms with Crippen LogP contribution in [-0.4, -0.2) is 38.0 Å². The zero-order valence-corrected chi connectivity index (χ0v) is 19.6. The van der Waals surface area contributed by atoms with Crippen LogP contribution in [0.25, 0.3) is 0 Å². The highest BCUT2D eigenvalue weighted by molar-refractivity contribution is 7.98. The van der Waals surface area contributed by atoms with Crippen molar-refractivity contribution in [2.45, 2.75) is 36.0 Å². The predicted molar refractivity (Wildman–Crippen MR) is 124 cm³/mol. The maximum Gasteiger partial charge on any atom is 0.368 e. The Morgan fingerprint density at radius 3 is 2.66 bits per heavy atom. The Kier molecular flexibility index (Phi) is 7.84. The van der Waals surface area contributed by atoms with Crippen molar-refractivity contribution in [3.05, 3.63) is 54.6 Å². The topological polar surface area (TPSA) is 83.9 Å². The van der Waals surface area contributed by atoms with Crippen LogP contribution in [0.5, 0.6) is 5.75 Å². The molecule has 0 saturated heterocycles. The molecule has 1 N–H and O–H groups in total. The summed E-state index contributed by atoms with van der Waals surface area (Å²) in [5, 5.41) is 8.73. The molecule has 0 bridgehead atoms.